The van der Waals surface area contributed by atoms with Crippen molar-refractivity contribution in [2.24, 2.45) is 0 Å². The maximum absolute atomic E-state index is 9.83. The Morgan fingerprint density at radius 2 is 1.96 bits per heavy atom. The summed E-state index contributed by atoms with van der Waals surface area (Å²) in [4.78, 5) is 0. The fourth-order valence-corrected chi connectivity index (χ4v) is 2.36. The molecule has 0 aliphatic heterocycles. The van der Waals surface area contributed by atoms with E-state index in [1.807, 2.05) is 24.3 Å². The Kier molecular flexibility index (Phi) is 7.25. The van der Waals surface area contributed by atoms with Crippen LogP contribution in [-0.2, 0) is 12.1 Å². The Balaban J connectivity index is 1.78. The Morgan fingerprint density at radius 1 is 1.16 bits per heavy atom. The van der Waals surface area contributed by atoms with E-state index < -0.39 is 5.60 Å². The van der Waals surface area contributed by atoms with Crippen LogP contribution in [0.3, 0.4) is 0 Å². The molecule has 0 aliphatic carbocycles. The van der Waals surface area contributed by atoms with Crippen molar-refractivity contribution in [2.45, 2.75) is 65.0 Å². The summed E-state index contributed by atoms with van der Waals surface area (Å²) in [5.41, 5.74) is -0.0795. The number of anilines is 1. The van der Waals surface area contributed by atoms with Gasteiger partial charge >= 0.3 is 6.01 Å². The molecule has 0 radical (unpaired) electrons. The van der Waals surface area contributed by atoms with Crippen LogP contribution in [0.5, 0.6) is 5.75 Å². The molecule has 2 aromatic rings. The minimum Gasteiger partial charge on any atom is -0.494 e. The number of ether oxygens (including phenoxy) is 1. The standard InChI is InChI=1S/C19H29N3O3/c1-4-5-6-7-8-12-24-16-11-9-10-15(13-16)14-20-18-22-21-17(25-18)19(2,3)23/h9-11,13,23H,4-8,12,14H2,1-3H3,(H,20,22). The molecule has 0 saturated heterocycles. The quantitative estimate of drug-likeness (QED) is 0.591. The molecule has 6 nitrogen and oxygen atoms in total. The van der Waals surface area contributed by atoms with Crippen LogP contribution in [0.25, 0.3) is 0 Å². The number of nitrogens with zero attached hydrogens (tertiary/aromatic N) is 2. The lowest BCUT2D eigenvalue weighted by atomic mass is 10.1. The van der Waals surface area contributed by atoms with Crippen LogP contribution in [0, 0.1) is 0 Å². The van der Waals surface area contributed by atoms with Gasteiger partial charge in [0.2, 0.25) is 5.89 Å². The average Bonchev–Trinajstić information content (AvgIpc) is 3.06. The number of benzene rings is 1. The number of hydrogen-bond donors (Lipinski definition) is 2. The van der Waals surface area contributed by atoms with Crippen LogP contribution in [0.1, 0.15) is 64.3 Å². The molecule has 2 N–H and O–H groups in total. The number of nitrogens with one attached hydrogen (secondary N) is 1. The van der Waals surface area contributed by atoms with E-state index in [2.05, 4.69) is 22.4 Å². The normalized spacial score (nSPS) is 11.5. The predicted molar refractivity (Wildman–Crippen MR) is 97.6 cm³/mol. The van der Waals surface area contributed by atoms with Crippen molar-refractivity contribution in [1.29, 1.82) is 0 Å². The number of aliphatic hydroxyl groups is 1. The van der Waals surface area contributed by atoms with Crippen molar-refractivity contribution in [3.63, 3.8) is 0 Å². The average molecular weight is 347 g/mol. The lowest BCUT2D eigenvalue weighted by Gasteiger charge is -2.10. The maximum atomic E-state index is 9.83. The number of aromatic nitrogens is 2. The molecule has 25 heavy (non-hydrogen) atoms. The lowest BCUT2D eigenvalue weighted by Crippen LogP contribution is -2.15. The first-order chi connectivity index (χ1) is 12.0. The first-order valence-corrected chi connectivity index (χ1v) is 9.01. The molecule has 0 amide bonds. The number of rotatable bonds is 11. The van der Waals surface area contributed by atoms with Gasteiger partial charge in [0.1, 0.15) is 11.4 Å². The van der Waals surface area contributed by atoms with Gasteiger partial charge in [0.05, 0.1) is 6.61 Å². The van der Waals surface area contributed by atoms with Gasteiger partial charge in [-0.05, 0) is 38.0 Å². The fourth-order valence-electron chi connectivity index (χ4n) is 2.36. The van der Waals surface area contributed by atoms with E-state index in [9.17, 15) is 5.11 Å². The maximum Gasteiger partial charge on any atom is 0.315 e. The molecule has 1 aromatic carbocycles. The van der Waals surface area contributed by atoms with E-state index in [0.29, 0.717) is 12.6 Å². The minimum absolute atomic E-state index is 0.190. The summed E-state index contributed by atoms with van der Waals surface area (Å²) in [6, 6.07) is 8.24. The lowest BCUT2D eigenvalue weighted by molar-refractivity contribution is 0.0489. The molecular formula is C19H29N3O3. The van der Waals surface area contributed by atoms with E-state index in [1.54, 1.807) is 13.8 Å². The van der Waals surface area contributed by atoms with Crippen LogP contribution in [0.4, 0.5) is 6.01 Å². The molecular weight excluding hydrogens is 318 g/mol. The molecule has 2 rings (SSSR count). The second-order valence-electron chi connectivity index (χ2n) is 6.74. The topological polar surface area (TPSA) is 80.4 Å². The van der Waals surface area contributed by atoms with Gasteiger partial charge in [-0.15, -0.1) is 5.10 Å². The Hall–Kier alpha value is -2.08. The fraction of sp³-hybridized carbons (Fsp3) is 0.579. The van der Waals surface area contributed by atoms with Gasteiger partial charge in [0.15, 0.2) is 0 Å². The summed E-state index contributed by atoms with van der Waals surface area (Å²) in [6.07, 6.45) is 6.14. The van der Waals surface area contributed by atoms with Gasteiger partial charge in [0, 0.05) is 6.54 Å². The van der Waals surface area contributed by atoms with Crippen molar-refractivity contribution >= 4 is 6.01 Å². The Morgan fingerprint density at radius 3 is 2.68 bits per heavy atom. The van der Waals surface area contributed by atoms with Gasteiger partial charge < -0.3 is 19.6 Å². The summed E-state index contributed by atoms with van der Waals surface area (Å²) >= 11 is 0. The van der Waals surface area contributed by atoms with Crippen molar-refractivity contribution in [1.82, 2.24) is 10.2 Å². The van der Waals surface area contributed by atoms with Crippen LogP contribution in [0.15, 0.2) is 28.7 Å². The Bertz CT molecular complexity index is 635. The molecule has 0 spiro atoms. The molecule has 0 bridgehead atoms. The first-order valence-electron chi connectivity index (χ1n) is 9.01. The summed E-state index contributed by atoms with van der Waals surface area (Å²) in [5, 5.41) is 20.6. The minimum atomic E-state index is -1.14. The van der Waals surface area contributed by atoms with E-state index in [1.165, 1.54) is 25.7 Å². The number of unbranched alkanes of at least 4 members (excludes halogenated alkanes) is 4. The molecule has 0 fully saturated rings. The second kappa shape index (κ2) is 9.42. The summed E-state index contributed by atoms with van der Waals surface area (Å²) in [5.74, 6) is 1.06. The van der Waals surface area contributed by atoms with Gasteiger partial charge in [-0.1, -0.05) is 49.8 Å². The number of hydrogen-bond acceptors (Lipinski definition) is 6. The zero-order valence-corrected chi connectivity index (χ0v) is 15.4. The van der Waals surface area contributed by atoms with E-state index in [0.717, 1.165) is 24.3 Å². The summed E-state index contributed by atoms with van der Waals surface area (Å²) < 4.78 is 11.2. The van der Waals surface area contributed by atoms with Crippen LogP contribution >= 0.6 is 0 Å². The van der Waals surface area contributed by atoms with Gasteiger partial charge in [-0.3, -0.25) is 0 Å². The molecule has 0 aliphatic rings. The third-order valence-electron chi connectivity index (χ3n) is 3.81. The van der Waals surface area contributed by atoms with Crippen molar-refractivity contribution in [3.05, 3.63) is 35.7 Å². The largest absolute Gasteiger partial charge is 0.494 e. The SMILES string of the molecule is CCCCCCCOc1cccc(CNc2nnc(C(C)(C)O)o2)c1. The molecule has 0 atom stereocenters. The highest BCUT2D eigenvalue weighted by Crippen LogP contribution is 2.20. The van der Waals surface area contributed by atoms with Gasteiger partial charge in [0.25, 0.3) is 0 Å². The smallest absolute Gasteiger partial charge is 0.315 e. The van der Waals surface area contributed by atoms with Crippen LogP contribution in [0.2, 0.25) is 0 Å². The highest BCUT2D eigenvalue weighted by molar-refractivity contribution is 5.31. The van der Waals surface area contributed by atoms with E-state index in [4.69, 9.17) is 9.15 Å². The van der Waals surface area contributed by atoms with Crippen molar-refractivity contribution < 1.29 is 14.3 Å². The molecule has 1 aromatic heterocycles. The molecule has 0 saturated carbocycles. The summed E-state index contributed by atoms with van der Waals surface area (Å²) in [7, 11) is 0. The zero-order chi connectivity index (χ0) is 18.1. The summed E-state index contributed by atoms with van der Waals surface area (Å²) in [6.45, 7) is 6.72. The van der Waals surface area contributed by atoms with Crippen molar-refractivity contribution in [2.75, 3.05) is 11.9 Å². The zero-order valence-electron chi connectivity index (χ0n) is 15.4. The highest BCUT2D eigenvalue weighted by Gasteiger charge is 2.23. The third kappa shape index (κ3) is 6.74. The highest BCUT2D eigenvalue weighted by atomic mass is 16.5. The molecule has 0 unspecified atom stereocenters. The Labute approximate surface area is 149 Å². The molecule has 1 heterocycles. The third-order valence-corrected chi connectivity index (χ3v) is 3.81. The van der Waals surface area contributed by atoms with Crippen LogP contribution < -0.4 is 10.1 Å². The predicted octanol–water partition coefficient (Wildman–Crippen LogP) is 4.26. The monoisotopic (exact) mass is 347 g/mol. The van der Waals surface area contributed by atoms with E-state index >= 15 is 0 Å². The molecule has 138 valence electrons. The molecule has 6 heteroatoms. The van der Waals surface area contributed by atoms with Crippen molar-refractivity contribution in [3.8, 4) is 5.75 Å². The second-order valence-corrected chi connectivity index (χ2v) is 6.74. The van der Waals surface area contributed by atoms with Gasteiger partial charge in [-0.2, -0.15) is 0 Å². The van der Waals surface area contributed by atoms with Gasteiger partial charge in [-0.25, -0.2) is 0 Å². The first kappa shape index (κ1) is 19.2. The van der Waals surface area contributed by atoms with Crippen LogP contribution in [-0.4, -0.2) is 21.9 Å². The van der Waals surface area contributed by atoms with E-state index in [-0.39, 0.29) is 5.89 Å².